The van der Waals surface area contributed by atoms with E-state index in [4.69, 9.17) is 5.11 Å². The van der Waals surface area contributed by atoms with Crippen molar-refractivity contribution in [2.45, 2.75) is 25.8 Å². The highest BCUT2D eigenvalue weighted by Gasteiger charge is 2.26. The van der Waals surface area contributed by atoms with E-state index in [1.165, 1.54) is 0 Å². The standard InChI is InChI=1S/C14H18N2O3/c1-9(14(18)19)6-7-15-13(17)12-8-10-4-2-3-5-11(10)16-12/h2-5,9,12,16H,6-8H2,1H3,(H,15,17)(H,18,19)/t9?,12-/m0/s1. The van der Waals surface area contributed by atoms with Crippen molar-refractivity contribution in [3.63, 3.8) is 0 Å². The van der Waals surface area contributed by atoms with Gasteiger partial charge in [0.15, 0.2) is 0 Å². The number of hydrogen-bond donors (Lipinski definition) is 3. The summed E-state index contributed by atoms with van der Waals surface area (Å²) in [5, 5.41) is 14.7. The molecule has 0 radical (unpaired) electrons. The van der Waals surface area contributed by atoms with Gasteiger partial charge in [-0.05, 0) is 18.1 Å². The molecule has 2 rings (SSSR count). The molecule has 0 aromatic heterocycles. The zero-order chi connectivity index (χ0) is 13.8. The maximum Gasteiger partial charge on any atom is 0.306 e. The van der Waals surface area contributed by atoms with E-state index in [-0.39, 0.29) is 11.9 Å². The molecular formula is C14H18N2O3. The lowest BCUT2D eigenvalue weighted by molar-refractivity contribution is -0.141. The summed E-state index contributed by atoms with van der Waals surface area (Å²) in [7, 11) is 0. The molecule has 1 aliphatic rings. The van der Waals surface area contributed by atoms with E-state index in [2.05, 4.69) is 10.6 Å². The number of hydrogen-bond acceptors (Lipinski definition) is 3. The quantitative estimate of drug-likeness (QED) is 0.746. The van der Waals surface area contributed by atoms with E-state index in [0.717, 1.165) is 11.3 Å². The number of nitrogens with one attached hydrogen (secondary N) is 2. The first kappa shape index (κ1) is 13.4. The Morgan fingerprint density at radius 1 is 1.47 bits per heavy atom. The zero-order valence-electron chi connectivity index (χ0n) is 10.8. The van der Waals surface area contributed by atoms with Crippen LogP contribution in [-0.4, -0.2) is 29.6 Å². The van der Waals surface area contributed by atoms with Crippen LogP contribution in [0.5, 0.6) is 0 Å². The predicted octanol–water partition coefficient (Wildman–Crippen LogP) is 1.25. The number of carboxylic acid groups (broad SMARTS) is 1. The van der Waals surface area contributed by atoms with Crippen LogP contribution in [0.2, 0.25) is 0 Å². The normalized spacial score (nSPS) is 18.3. The lowest BCUT2D eigenvalue weighted by atomic mass is 10.1. The Kier molecular flexibility index (Phi) is 4.04. The second kappa shape index (κ2) is 5.73. The van der Waals surface area contributed by atoms with Crippen LogP contribution in [0.15, 0.2) is 24.3 Å². The van der Waals surface area contributed by atoms with E-state index < -0.39 is 11.9 Å². The Hall–Kier alpha value is -2.04. The summed E-state index contributed by atoms with van der Waals surface area (Å²) in [5.74, 6) is -1.34. The highest BCUT2D eigenvalue weighted by Crippen LogP contribution is 2.24. The SMILES string of the molecule is CC(CCNC(=O)[C@@H]1Cc2ccccc2N1)C(=O)O. The van der Waals surface area contributed by atoms with Crippen molar-refractivity contribution in [2.75, 3.05) is 11.9 Å². The van der Waals surface area contributed by atoms with Gasteiger partial charge in [0.2, 0.25) is 5.91 Å². The maximum atomic E-state index is 11.9. The molecule has 0 spiro atoms. The lowest BCUT2D eigenvalue weighted by Crippen LogP contribution is -2.39. The molecule has 3 N–H and O–H groups in total. The minimum absolute atomic E-state index is 0.0752. The zero-order valence-corrected chi connectivity index (χ0v) is 10.8. The van der Waals surface area contributed by atoms with Gasteiger partial charge in [0.05, 0.1) is 5.92 Å². The molecule has 0 bridgehead atoms. The van der Waals surface area contributed by atoms with Gasteiger partial charge in [0.25, 0.3) is 0 Å². The van der Waals surface area contributed by atoms with E-state index in [9.17, 15) is 9.59 Å². The summed E-state index contributed by atoms with van der Waals surface area (Å²) in [6.07, 6.45) is 1.12. The number of carbonyl (C=O) groups is 2. The smallest absolute Gasteiger partial charge is 0.306 e. The number of para-hydroxylation sites is 1. The number of anilines is 1. The van der Waals surface area contributed by atoms with Crippen LogP contribution < -0.4 is 10.6 Å². The first-order valence-electron chi connectivity index (χ1n) is 6.43. The molecule has 1 amide bonds. The number of aliphatic carboxylic acids is 1. The predicted molar refractivity (Wildman–Crippen MR) is 72.0 cm³/mol. The van der Waals surface area contributed by atoms with Gasteiger partial charge in [-0.2, -0.15) is 0 Å². The van der Waals surface area contributed by atoms with Crippen LogP contribution >= 0.6 is 0 Å². The fourth-order valence-corrected chi connectivity index (χ4v) is 2.11. The molecule has 5 nitrogen and oxygen atoms in total. The highest BCUT2D eigenvalue weighted by atomic mass is 16.4. The molecule has 1 aromatic rings. The number of rotatable bonds is 5. The van der Waals surface area contributed by atoms with Crippen molar-refractivity contribution < 1.29 is 14.7 Å². The minimum Gasteiger partial charge on any atom is -0.481 e. The largest absolute Gasteiger partial charge is 0.481 e. The Labute approximate surface area is 112 Å². The third kappa shape index (κ3) is 3.24. The van der Waals surface area contributed by atoms with E-state index >= 15 is 0 Å². The fraction of sp³-hybridized carbons (Fsp3) is 0.429. The monoisotopic (exact) mass is 262 g/mol. The molecule has 0 saturated carbocycles. The van der Waals surface area contributed by atoms with Crippen molar-refractivity contribution in [3.05, 3.63) is 29.8 Å². The molecule has 0 aliphatic carbocycles. The molecule has 1 heterocycles. The average Bonchev–Trinajstić information content (AvgIpc) is 2.82. The molecule has 19 heavy (non-hydrogen) atoms. The molecule has 1 aromatic carbocycles. The maximum absolute atomic E-state index is 11.9. The van der Waals surface area contributed by atoms with Gasteiger partial charge in [0, 0.05) is 18.7 Å². The van der Waals surface area contributed by atoms with Gasteiger partial charge in [-0.3, -0.25) is 9.59 Å². The molecule has 2 atom stereocenters. The summed E-state index contributed by atoms with van der Waals surface area (Å²) in [6.45, 7) is 2.03. The van der Waals surface area contributed by atoms with Crippen molar-refractivity contribution >= 4 is 17.6 Å². The van der Waals surface area contributed by atoms with Crippen molar-refractivity contribution in [2.24, 2.45) is 5.92 Å². The molecule has 102 valence electrons. The first-order chi connectivity index (χ1) is 9.08. The van der Waals surface area contributed by atoms with E-state index in [0.29, 0.717) is 19.4 Å². The van der Waals surface area contributed by atoms with Gasteiger partial charge in [-0.25, -0.2) is 0 Å². The second-order valence-electron chi connectivity index (χ2n) is 4.88. The fourth-order valence-electron chi connectivity index (χ4n) is 2.11. The summed E-state index contributed by atoms with van der Waals surface area (Å²) >= 11 is 0. The van der Waals surface area contributed by atoms with Crippen LogP contribution in [0.1, 0.15) is 18.9 Å². The van der Waals surface area contributed by atoms with Gasteiger partial charge in [0.1, 0.15) is 6.04 Å². The van der Waals surface area contributed by atoms with E-state index in [1.54, 1.807) is 6.92 Å². The topological polar surface area (TPSA) is 78.4 Å². The summed E-state index contributed by atoms with van der Waals surface area (Å²) in [5.41, 5.74) is 2.14. The Bertz CT molecular complexity index is 462. The summed E-state index contributed by atoms with van der Waals surface area (Å²) in [4.78, 5) is 22.6. The van der Waals surface area contributed by atoms with Crippen LogP contribution in [0.3, 0.4) is 0 Å². The molecule has 5 heteroatoms. The number of benzene rings is 1. The second-order valence-corrected chi connectivity index (χ2v) is 4.88. The third-order valence-electron chi connectivity index (χ3n) is 3.39. The van der Waals surface area contributed by atoms with Gasteiger partial charge < -0.3 is 15.7 Å². The number of fused-ring (bicyclic) bond motifs is 1. The average molecular weight is 262 g/mol. The van der Waals surface area contributed by atoms with Crippen LogP contribution in [-0.2, 0) is 16.0 Å². The summed E-state index contributed by atoms with van der Waals surface area (Å²) in [6, 6.07) is 7.59. The molecule has 0 saturated heterocycles. The Morgan fingerprint density at radius 2 is 2.21 bits per heavy atom. The van der Waals surface area contributed by atoms with Crippen molar-refractivity contribution in [3.8, 4) is 0 Å². The molecule has 1 aliphatic heterocycles. The number of carbonyl (C=O) groups excluding carboxylic acids is 1. The van der Waals surface area contributed by atoms with Crippen LogP contribution in [0.4, 0.5) is 5.69 Å². The number of amides is 1. The van der Waals surface area contributed by atoms with Gasteiger partial charge >= 0.3 is 5.97 Å². The molecule has 0 fully saturated rings. The lowest BCUT2D eigenvalue weighted by Gasteiger charge is -2.12. The van der Waals surface area contributed by atoms with Gasteiger partial charge in [-0.15, -0.1) is 0 Å². The molecular weight excluding hydrogens is 244 g/mol. The first-order valence-corrected chi connectivity index (χ1v) is 6.43. The minimum atomic E-state index is -0.833. The van der Waals surface area contributed by atoms with E-state index in [1.807, 2.05) is 24.3 Å². The Morgan fingerprint density at radius 3 is 2.89 bits per heavy atom. The van der Waals surface area contributed by atoms with Crippen LogP contribution in [0.25, 0.3) is 0 Å². The molecule has 1 unspecified atom stereocenters. The van der Waals surface area contributed by atoms with Gasteiger partial charge in [-0.1, -0.05) is 25.1 Å². The Balaban J connectivity index is 1.79. The van der Waals surface area contributed by atoms with Crippen LogP contribution in [0, 0.1) is 5.92 Å². The van der Waals surface area contributed by atoms with Crippen molar-refractivity contribution in [1.82, 2.24) is 5.32 Å². The number of carboxylic acids is 1. The van der Waals surface area contributed by atoms with Crippen molar-refractivity contribution in [1.29, 1.82) is 0 Å². The highest BCUT2D eigenvalue weighted by molar-refractivity contribution is 5.87. The third-order valence-corrected chi connectivity index (χ3v) is 3.39. The summed E-state index contributed by atoms with van der Waals surface area (Å²) < 4.78 is 0.